The van der Waals surface area contributed by atoms with Crippen LogP contribution in [0.3, 0.4) is 0 Å². The lowest BCUT2D eigenvalue weighted by Crippen LogP contribution is -2.45. The molecule has 2 aliphatic rings. The van der Waals surface area contributed by atoms with Crippen LogP contribution in [0.15, 0.2) is 45.7 Å². The minimum Gasteiger partial charge on any atom is -0.457 e. The average Bonchev–Trinajstić information content (AvgIpc) is 3.29. The number of carbonyl (C=O) groups excluding carboxylic acids is 2. The first-order valence-corrected chi connectivity index (χ1v) is 10.3. The van der Waals surface area contributed by atoms with E-state index in [2.05, 4.69) is 10.7 Å². The predicted octanol–water partition coefficient (Wildman–Crippen LogP) is 3.57. The molecule has 0 aliphatic carbocycles. The smallest absolute Gasteiger partial charge is 0.265 e. The van der Waals surface area contributed by atoms with Crippen LogP contribution < -0.4 is 10.7 Å². The van der Waals surface area contributed by atoms with E-state index in [1.807, 2.05) is 23.2 Å². The Labute approximate surface area is 172 Å². The van der Waals surface area contributed by atoms with Crippen LogP contribution in [0.4, 0.5) is 0 Å². The Morgan fingerprint density at radius 1 is 1.21 bits per heavy atom. The van der Waals surface area contributed by atoms with Gasteiger partial charge in [0.25, 0.3) is 11.8 Å². The van der Waals surface area contributed by atoms with Crippen molar-refractivity contribution < 1.29 is 14.0 Å². The second kappa shape index (κ2) is 8.30. The number of nitrogens with one attached hydrogen (secondary N) is 2. The average molecular weight is 414 g/mol. The van der Waals surface area contributed by atoms with Crippen LogP contribution in [0.5, 0.6) is 0 Å². The minimum atomic E-state index is -0.218. The quantitative estimate of drug-likeness (QED) is 0.590. The van der Waals surface area contributed by atoms with Crippen molar-refractivity contribution in [2.75, 3.05) is 13.1 Å². The molecule has 2 fully saturated rings. The van der Waals surface area contributed by atoms with Crippen molar-refractivity contribution in [2.24, 2.45) is 0 Å². The number of hydrazine groups is 1. The van der Waals surface area contributed by atoms with E-state index in [9.17, 15) is 9.59 Å². The number of rotatable bonds is 4. The molecule has 0 saturated carbocycles. The highest BCUT2D eigenvalue weighted by atomic mass is 32.2. The highest BCUT2D eigenvalue weighted by Crippen LogP contribution is 2.29. The van der Waals surface area contributed by atoms with Crippen molar-refractivity contribution in [1.82, 2.24) is 15.8 Å². The Morgan fingerprint density at radius 2 is 2.04 bits per heavy atom. The summed E-state index contributed by atoms with van der Waals surface area (Å²) in [6, 6.07) is 10.9. The number of nitrogens with zero attached hydrogens (tertiary/aromatic N) is 1. The third-order valence-electron chi connectivity index (χ3n) is 4.57. The molecule has 2 aromatic rings. The van der Waals surface area contributed by atoms with Gasteiger partial charge in [0.2, 0.25) is 0 Å². The number of piperidine rings is 1. The molecule has 1 aromatic heterocycles. The van der Waals surface area contributed by atoms with Crippen LogP contribution in [0, 0.1) is 0 Å². The van der Waals surface area contributed by atoms with Gasteiger partial charge in [0.05, 0.1) is 4.91 Å². The van der Waals surface area contributed by atoms with E-state index in [-0.39, 0.29) is 11.8 Å². The Balaban J connectivity index is 1.49. The minimum absolute atomic E-state index is 0.120. The zero-order chi connectivity index (χ0) is 19.5. The van der Waals surface area contributed by atoms with Gasteiger partial charge in [-0.25, -0.2) is 5.01 Å². The van der Waals surface area contributed by atoms with Crippen molar-refractivity contribution in [3.05, 3.63) is 52.6 Å². The molecule has 0 bridgehead atoms. The summed E-state index contributed by atoms with van der Waals surface area (Å²) in [7, 11) is 0. The fourth-order valence-corrected chi connectivity index (χ4v) is 4.19. The number of hydrogen-bond donors (Lipinski definition) is 2. The molecule has 8 heteroatoms. The van der Waals surface area contributed by atoms with Gasteiger partial charge in [-0.05, 0) is 37.1 Å². The van der Waals surface area contributed by atoms with Crippen LogP contribution in [0.2, 0.25) is 0 Å². The summed E-state index contributed by atoms with van der Waals surface area (Å²) in [5.74, 6) is 0.848. The van der Waals surface area contributed by atoms with Crippen molar-refractivity contribution in [3.8, 4) is 11.3 Å². The van der Waals surface area contributed by atoms with E-state index in [1.54, 1.807) is 24.3 Å². The van der Waals surface area contributed by atoms with E-state index in [0.29, 0.717) is 26.3 Å². The predicted molar refractivity (Wildman–Crippen MR) is 113 cm³/mol. The van der Waals surface area contributed by atoms with Crippen molar-refractivity contribution in [3.63, 3.8) is 0 Å². The summed E-state index contributed by atoms with van der Waals surface area (Å²) in [4.78, 5) is 24.8. The zero-order valence-corrected chi connectivity index (χ0v) is 16.7. The number of thiocarbonyl (C=S) groups is 1. The summed E-state index contributed by atoms with van der Waals surface area (Å²) >= 11 is 6.20. The van der Waals surface area contributed by atoms with Gasteiger partial charge in [-0.1, -0.05) is 42.5 Å². The van der Waals surface area contributed by atoms with Gasteiger partial charge < -0.3 is 9.73 Å². The molecule has 144 valence electrons. The molecular weight excluding hydrogens is 394 g/mol. The number of carbonyl (C=O) groups is 2. The van der Waals surface area contributed by atoms with Gasteiger partial charge in [0.15, 0.2) is 0 Å². The molecule has 2 aliphatic heterocycles. The molecule has 1 aromatic carbocycles. The monoisotopic (exact) mass is 413 g/mol. The third kappa shape index (κ3) is 4.35. The summed E-state index contributed by atoms with van der Waals surface area (Å²) in [6.07, 6.45) is 5.08. The highest BCUT2D eigenvalue weighted by Gasteiger charge is 2.22. The lowest BCUT2D eigenvalue weighted by atomic mass is 10.1. The van der Waals surface area contributed by atoms with Gasteiger partial charge in [0, 0.05) is 30.3 Å². The Hall–Kier alpha value is -2.42. The Morgan fingerprint density at radius 3 is 2.79 bits per heavy atom. The first kappa shape index (κ1) is 18.9. The zero-order valence-electron chi connectivity index (χ0n) is 15.1. The molecule has 0 radical (unpaired) electrons. The first-order chi connectivity index (χ1) is 13.6. The van der Waals surface area contributed by atoms with Crippen LogP contribution in [-0.4, -0.2) is 34.2 Å². The maximum atomic E-state index is 12.5. The third-order valence-corrected chi connectivity index (χ3v) is 5.73. The van der Waals surface area contributed by atoms with E-state index in [4.69, 9.17) is 16.6 Å². The van der Waals surface area contributed by atoms with Gasteiger partial charge in [-0.3, -0.25) is 15.0 Å². The number of furan rings is 1. The number of hydrogen-bond acceptors (Lipinski definition) is 6. The van der Waals surface area contributed by atoms with Crippen molar-refractivity contribution >= 4 is 46.2 Å². The molecule has 6 nitrogen and oxygen atoms in total. The maximum Gasteiger partial charge on any atom is 0.265 e. The van der Waals surface area contributed by atoms with Gasteiger partial charge in [-0.15, -0.1) is 0 Å². The number of thioether (sulfide) groups is 1. The number of benzene rings is 1. The summed E-state index contributed by atoms with van der Waals surface area (Å²) < 4.78 is 6.29. The van der Waals surface area contributed by atoms with Crippen molar-refractivity contribution in [1.29, 1.82) is 0 Å². The van der Waals surface area contributed by atoms with Gasteiger partial charge in [-0.2, -0.15) is 0 Å². The number of amides is 2. The van der Waals surface area contributed by atoms with Crippen LogP contribution in [-0.2, 0) is 4.79 Å². The normalized spacial score (nSPS) is 19.1. The molecule has 0 atom stereocenters. The second-order valence-corrected chi connectivity index (χ2v) is 8.34. The van der Waals surface area contributed by atoms with E-state index in [1.165, 1.54) is 18.2 Å². The molecule has 0 spiro atoms. The first-order valence-electron chi connectivity index (χ1n) is 9.09. The molecule has 4 rings (SSSR count). The summed E-state index contributed by atoms with van der Waals surface area (Å²) in [5, 5.41) is 4.55. The summed E-state index contributed by atoms with van der Waals surface area (Å²) in [5.41, 5.74) is 4.35. The fraction of sp³-hybridized carbons (Fsp3) is 0.250. The lowest BCUT2D eigenvalue weighted by molar-refractivity contribution is -0.115. The van der Waals surface area contributed by atoms with E-state index < -0.39 is 0 Å². The topological polar surface area (TPSA) is 74.6 Å². The van der Waals surface area contributed by atoms with Crippen LogP contribution >= 0.6 is 24.0 Å². The van der Waals surface area contributed by atoms with E-state index in [0.717, 1.165) is 31.5 Å². The molecule has 2 N–H and O–H groups in total. The van der Waals surface area contributed by atoms with E-state index >= 15 is 0 Å². The Kier molecular flexibility index (Phi) is 5.61. The largest absolute Gasteiger partial charge is 0.457 e. The summed E-state index contributed by atoms with van der Waals surface area (Å²) in [6.45, 7) is 1.77. The molecule has 3 heterocycles. The lowest BCUT2D eigenvalue weighted by Gasteiger charge is -2.26. The maximum absolute atomic E-state index is 12.5. The standard InChI is InChI=1S/C20H19N3O3S2/c24-18(22-23-9-2-1-3-10-23)14-6-4-5-13(11-14)16-8-7-15(26-16)12-17-19(25)21-20(27)28-17/h4-8,11-12H,1-3,9-10H2,(H,22,24)(H,21,25,27). The SMILES string of the molecule is O=C1NC(=S)SC1=Cc1ccc(-c2cccc(C(=O)NN3CCCCC3)c2)o1. The molecular formula is C20H19N3O3S2. The molecule has 2 amide bonds. The van der Waals surface area contributed by atoms with Crippen molar-refractivity contribution in [2.45, 2.75) is 19.3 Å². The van der Waals surface area contributed by atoms with Gasteiger partial charge >= 0.3 is 0 Å². The van der Waals surface area contributed by atoms with Crippen LogP contribution in [0.1, 0.15) is 35.4 Å². The van der Waals surface area contributed by atoms with Crippen LogP contribution in [0.25, 0.3) is 17.4 Å². The highest BCUT2D eigenvalue weighted by molar-refractivity contribution is 8.26. The van der Waals surface area contributed by atoms with Gasteiger partial charge in [0.1, 0.15) is 15.8 Å². The molecule has 0 unspecified atom stereocenters. The molecule has 28 heavy (non-hydrogen) atoms. The second-order valence-electron chi connectivity index (χ2n) is 6.62. The molecule has 2 saturated heterocycles. The fourth-order valence-electron chi connectivity index (χ4n) is 3.16. The Bertz CT molecular complexity index is 961.